The van der Waals surface area contributed by atoms with Crippen LogP contribution >= 0.6 is 23.2 Å². The highest BCUT2D eigenvalue weighted by Gasteiger charge is 2.24. The van der Waals surface area contributed by atoms with Crippen molar-refractivity contribution in [2.75, 3.05) is 20.2 Å². The molecule has 0 radical (unpaired) electrons. The van der Waals surface area contributed by atoms with Gasteiger partial charge in [-0.3, -0.25) is 0 Å². The predicted octanol–water partition coefficient (Wildman–Crippen LogP) is 4.02. The number of ether oxygens (including phenoxy) is 2. The molecule has 2 aromatic rings. The van der Waals surface area contributed by atoms with E-state index < -0.39 is 0 Å². The molecule has 0 bridgehead atoms. The number of hydrogen-bond donors (Lipinski definition) is 1. The minimum absolute atomic E-state index is 0.0263. The van der Waals surface area contributed by atoms with E-state index in [0.29, 0.717) is 22.4 Å². The molecule has 1 atom stereocenters. The fourth-order valence-corrected chi connectivity index (χ4v) is 2.77. The molecule has 1 unspecified atom stereocenters. The van der Waals surface area contributed by atoms with Gasteiger partial charge in [-0.25, -0.2) is 0 Å². The lowest BCUT2D eigenvalue weighted by atomic mass is 10.0. The summed E-state index contributed by atoms with van der Waals surface area (Å²) in [5, 5.41) is 4.36. The van der Waals surface area contributed by atoms with Crippen LogP contribution in [-0.4, -0.2) is 26.3 Å². The van der Waals surface area contributed by atoms with Crippen LogP contribution in [0.2, 0.25) is 10.0 Å². The van der Waals surface area contributed by atoms with E-state index in [2.05, 4.69) is 5.32 Å². The van der Waals surface area contributed by atoms with E-state index in [4.69, 9.17) is 32.7 Å². The molecule has 110 valence electrons. The van der Waals surface area contributed by atoms with Gasteiger partial charge in [-0.1, -0.05) is 35.3 Å². The highest BCUT2D eigenvalue weighted by Crippen LogP contribution is 2.43. The summed E-state index contributed by atoms with van der Waals surface area (Å²) in [6.45, 7) is 1.25. The summed E-state index contributed by atoms with van der Waals surface area (Å²) in [6.07, 6.45) is -0.0263. The molecule has 2 aromatic carbocycles. The Bertz CT molecular complexity index is 661. The molecule has 3 nitrogen and oxygen atoms in total. The van der Waals surface area contributed by atoms with Crippen molar-refractivity contribution in [1.29, 1.82) is 0 Å². The molecule has 0 spiro atoms. The highest BCUT2D eigenvalue weighted by molar-refractivity contribution is 6.35. The molecule has 1 aliphatic rings. The maximum Gasteiger partial charge on any atom is 0.169 e. The zero-order valence-electron chi connectivity index (χ0n) is 11.5. The Balaban J connectivity index is 2.06. The summed E-state index contributed by atoms with van der Waals surface area (Å²) in [5.74, 6) is 1.45. The molecule has 0 aromatic heterocycles. The topological polar surface area (TPSA) is 30.5 Å². The fourth-order valence-electron chi connectivity index (χ4n) is 2.38. The van der Waals surface area contributed by atoms with E-state index in [1.165, 1.54) is 0 Å². The first-order chi connectivity index (χ1) is 10.2. The second kappa shape index (κ2) is 6.14. The molecule has 1 heterocycles. The van der Waals surface area contributed by atoms with Crippen molar-refractivity contribution < 1.29 is 9.47 Å². The highest BCUT2D eigenvalue weighted by atomic mass is 35.5. The monoisotopic (exact) mass is 323 g/mol. The largest absolute Gasteiger partial charge is 0.486 e. The van der Waals surface area contributed by atoms with E-state index in [-0.39, 0.29) is 6.10 Å². The second-order valence-electron chi connectivity index (χ2n) is 4.87. The van der Waals surface area contributed by atoms with Gasteiger partial charge in [0.2, 0.25) is 0 Å². The molecular weight excluding hydrogens is 309 g/mol. The lowest BCUT2D eigenvalue weighted by Gasteiger charge is -2.28. The normalized spacial score (nSPS) is 16.8. The Morgan fingerprint density at radius 3 is 2.86 bits per heavy atom. The van der Waals surface area contributed by atoms with Gasteiger partial charge >= 0.3 is 0 Å². The molecular formula is C16H15Cl2NO2. The van der Waals surface area contributed by atoms with E-state index in [0.717, 1.165) is 23.4 Å². The van der Waals surface area contributed by atoms with Crippen LogP contribution in [0.25, 0.3) is 11.1 Å². The van der Waals surface area contributed by atoms with Crippen LogP contribution in [0.15, 0.2) is 36.4 Å². The number of hydrogen-bond acceptors (Lipinski definition) is 3. The van der Waals surface area contributed by atoms with Crippen molar-refractivity contribution >= 4 is 23.2 Å². The van der Waals surface area contributed by atoms with Gasteiger partial charge in [0, 0.05) is 27.7 Å². The second-order valence-corrected chi connectivity index (χ2v) is 5.71. The van der Waals surface area contributed by atoms with Crippen molar-refractivity contribution in [2.45, 2.75) is 6.10 Å². The molecule has 0 saturated heterocycles. The number of para-hydroxylation sites is 1. The molecule has 0 aliphatic carbocycles. The van der Waals surface area contributed by atoms with Crippen molar-refractivity contribution in [2.24, 2.45) is 0 Å². The van der Waals surface area contributed by atoms with Crippen molar-refractivity contribution in [3.63, 3.8) is 0 Å². The molecule has 5 heteroatoms. The maximum absolute atomic E-state index is 6.30. The van der Waals surface area contributed by atoms with Crippen LogP contribution in [0, 0.1) is 0 Å². The number of nitrogens with one attached hydrogen (secondary N) is 1. The quantitative estimate of drug-likeness (QED) is 0.925. The Labute approximate surface area is 133 Å². The van der Waals surface area contributed by atoms with Crippen LogP contribution in [-0.2, 0) is 0 Å². The standard InChI is InChI=1S/C16H15Cl2NO2/c1-19-8-11-9-20-15-4-2-3-12(16(15)21-11)13-7-10(17)5-6-14(13)18/h2-7,11,19H,8-9H2,1H3. The SMILES string of the molecule is CNCC1COc2cccc(-c3cc(Cl)ccc3Cl)c2O1. The Morgan fingerprint density at radius 2 is 2.05 bits per heavy atom. The van der Waals surface area contributed by atoms with Gasteiger partial charge in [0.15, 0.2) is 11.5 Å². The molecule has 21 heavy (non-hydrogen) atoms. The number of fused-ring (bicyclic) bond motifs is 1. The summed E-state index contributed by atoms with van der Waals surface area (Å²) in [7, 11) is 1.89. The van der Waals surface area contributed by atoms with Crippen LogP contribution < -0.4 is 14.8 Å². The number of benzene rings is 2. The van der Waals surface area contributed by atoms with Crippen molar-refractivity contribution in [1.82, 2.24) is 5.32 Å². The third-order valence-electron chi connectivity index (χ3n) is 3.34. The first-order valence-electron chi connectivity index (χ1n) is 6.71. The first-order valence-corrected chi connectivity index (χ1v) is 7.47. The van der Waals surface area contributed by atoms with E-state index in [9.17, 15) is 0 Å². The van der Waals surface area contributed by atoms with Crippen molar-refractivity contribution in [3.8, 4) is 22.6 Å². The van der Waals surface area contributed by atoms with Gasteiger partial charge in [0.25, 0.3) is 0 Å². The number of rotatable bonds is 3. The number of halogens is 2. The predicted molar refractivity (Wildman–Crippen MR) is 85.7 cm³/mol. The molecule has 1 aliphatic heterocycles. The molecule has 0 fully saturated rings. The zero-order valence-corrected chi connectivity index (χ0v) is 13.0. The molecule has 0 saturated carbocycles. The van der Waals surface area contributed by atoms with Crippen molar-refractivity contribution in [3.05, 3.63) is 46.4 Å². The Kier molecular flexibility index (Phi) is 4.24. The van der Waals surface area contributed by atoms with Crippen LogP contribution in [0.4, 0.5) is 0 Å². The van der Waals surface area contributed by atoms with Gasteiger partial charge in [-0.15, -0.1) is 0 Å². The van der Waals surface area contributed by atoms with Gasteiger partial charge in [0.05, 0.1) is 0 Å². The third kappa shape index (κ3) is 2.95. The van der Waals surface area contributed by atoms with E-state index >= 15 is 0 Å². The summed E-state index contributed by atoms with van der Waals surface area (Å²) >= 11 is 12.4. The third-order valence-corrected chi connectivity index (χ3v) is 3.90. The van der Waals surface area contributed by atoms with E-state index in [1.54, 1.807) is 12.1 Å². The van der Waals surface area contributed by atoms with Gasteiger partial charge in [-0.2, -0.15) is 0 Å². The molecule has 0 amide bonds. The average molecular weight is 324 g/mol. The first kappa shape index (κ1) is 14.5. The minimum atomic E-state index is -0.0263. The Morgan fingerprint density at radius 1 is 1.19 bits per heavy atom. The summed E-state index contributed by atoms with van der Waals surface area (Å²) in [5.41, 5.74) is 1.73. The minimum Gasteiger partial charge on any atom is -0.486 e. The average Bonchev–Trinajstić information content (AvgIpc) is 2.49. The smallest absolute Gasteiger partial charge is 0.169 e. The summed E-state index contributed by atoms with van der Waals surface area (Å²) in [4.78, 5) is 0. The van der Waals surface area contributed by atoms with Gasteiger partial charge < -0.3 is 14.8 Å². The van der Waals surface area contributed by atoms with Crippen LogP contribution in [0.3, 0.4) is 0 Å². The summed E-state index contributed by atoms with van der Waals surface area (Å²) in [6, 6.07) is 11.2. The van der Waals surface area contributed by atoms with Crippen LogP contribution in [0.1, 0.15) is 0 Å². The maximum atomic E-state index is 6.30. The Hall–Kier alpha value is -1.42. The lowest BCUT2D eigenvalue weighted by molar-refractivity contribution is 0.0927. The summed E-state index contributed by atoms with van der Waals surface area (Å²) < 4.78 is 11.8. The molecule has 3 rings (SSSR count). The fraction of sp³-hybridized carbons (Fsp3) is 0.250. The van der Waals surface area contributed by atoms with Gasteiger partial charge in [-0.05, 0) is 31.3 Å². The van der Waals surface area contributed by atoms with E-state index in [1.807, 2.05) is 31.3 Å². The van der Waals surface area contributed by atoms with Crippen LogP contribution in [0.5, 0.6) is 11.5 Å². The zero-order chi connectivity index (χ0) is 14.8. The lowest BCUT2D eigenvalue weighted by Crippen LogP contribution is -2.37. The van der Waals surface area contributed by atoms with Gasteiger partial charge in [0.1, 0.15) is 12.7 Å². The number of likely N-dealkylation sites (N-methyl/N-ethyl adjacent to an activating group) is 1. The molecule has 1 N–H and O–H groups in total.